The highest BCUT2D eigenvalue weighted by Gasteiger charge is 2.32. The predicted molar refractivity (Wildman–Crippen MR) is 47.0 cm³/mol. The molecule has 17 heavy (non-hydrogen) atoms. The number of primary sulfonamides is 1. The van der Waals surface area contributed by atoms with Gasteiger partial charge in [0.15, 0.2) is 5.69 Å². The number of aromatic nitrogens is 1. The van der Waals surface area contributed by atoms with Gasteiger partial charge in [-0.15, -0.1) is 13.2 Å². The second-order valence-electron chi connectivity index (χ2n) is 2.72. The highest BCUT2D eigenvalue weighted by atomic mass is 32.2. The van der Waals surface area contributed by atoms with Gasteiger partial charge in [0.05, 0.1) is 6.20 Å². The van der Waals surface area contributed by atoms with Crippen molar-refractivity contribution in [3.8, 4) is 11.8 Å². The number of hydrogen-bond acceptors (Lipinski definition) is 5. The molecule has 1 rings (SSSR count). The molecule has 0 atom stereocenters. The topological polar surface area (TPSA) is 106 Å². The third kappa shape index (κ3) is 3.58. The molecule has 0 aromatic carbocycles. The lowest BCUT2D eigenvalue weighted by Crippen LogP contribution is -2.19. The molecule has 1 aromatic rings. The summed E-state index contributed by atoms with van der Waals surface area (Å²) in [6.07, 6.45) is -4.42. The van der Waals surface area contributed by atoms with Gasteiger partial charge in [-0.1, -0.05) is 0 Å². The Kier molecular flexibility index (Phi) is 3.25. The largest absolute Gasteiger partial charge is 0.573 e. The Balaban J connectivity index is 3.30. The van der Waals surface area contributed by atoms with Crippen molar-refractivity contribution in [3.63, 3.8) is 0 Å². The molecular weight excluding hydrogens is 263 g/mol. The number of sulfonamides is 1. The zero-order valence-electron chi connectivity index (χ0n) is 7.89. The zero-order chi connectivity index (χ0) is 13.3. The van der Waals surface area contributed by atoms with Crippen molar-refractivity contribution in [1.29, 1.82) is 5.26 Å². The maximum absolute atomic E-state index is 11.9. The van der Waals surface area contributed by atoms with Gasteiger partial charge in [0.1, 0.15) is 16.7 Å². The van der Waals surface area contributed by atoms with E-state index in [1.165, 1.54) is 6.07 Å². The lowest BCUT2D eigenvalue weighted by molar-refractivity contribution is -0.274. The number of hydrogen-bond donors (Lipinski definition) is 1. The van der Waals surface area contributed by atoms with Crippen molar-refractivity contribution in [1.82, 2.24) is 4.98 Å². The quantitative estimate of drug-likeness (QED) is 0.839. The van der Waals surface area contributed by atoms with E-state index in [0.29, 0.717) is 12.3 Å². The number of nitrogens with two attached hydrogens (primary N) is 1. The molecule has 1 aromatic heterocycles. The second-order valence-corrected chi connectivity index (χ2v) is 4.25. The zero-order valence-corrected chi connectivity index (χ0v) is 8.71. The van der Waals surface area contributed by atoms with Crippen LogP contribution >= 0.6 is 0 Å². The Morgan fingerprint density at radius 1 is 1.47 bits per heavy atom. The SMILES string of the molecule is N#Cc1ncc(OC(F)(F)F)cc1S(N)(=O)=O. The van der Waals surface area contributed by atoms with Gasteiger partial charge in [-0.3, -0.25) is 0 Å². The molecule has 2 N–H and O–H groups in total. The maximum atomic E-state index is 11.9. The number of alkyl halides is 3. The Labute approximate surface area is 93.5 Å². The maximum Gasteiger partial charge on any atom is 0.573 e. The van der Waals surface area contributed by atoms with Crippen LogP contribution in [0.25, 0.3) is 0 Å². The highest BCUT2D eigenvalue weighted by Crippen LogP contribution is 2.24. The minimum Gasteiger partial charge on any atom is -0.404 e. The fourth-order valence-electron chi connectivity index (χ4n) is 0.917. The Hall–Kier alpha value is -1.86. The van der Waals surface area contributed by atoms with Crippen LogP contribution in [-0.4, -0.2) is 19.8 Å². The highest BCUT2D eigenvalue weighted by molar-refractivity contribution is 7.89. The lowest BCUT2D eigenvalue weighted by Gasteiger charge is -2.09. The summed E-state index contributed by atoms with van der Waals surface area (Å²) in [5, 5.41) is 13.2. The molecule has 0 aliphatic heterocycles. The molecule has 10 heteroatoms. The third-order valence-electron chi connectivity index (χ3n) is 1.47. The van der Waals surface area contributed by atoms with E-state index in [0.717, 1.165) is 0 Å². The van der Waals surface area contributed by atoms with Crippen molar-refractivity contribution in [2.75, 3.05) is 0 Å². The van der Waals surface area contributed by atoms with E-state index in [-0.39, 0.29) is 0 Å². The first-order chi connectivity index (χ1) is 7.63. The first kappa shape index (κ1) is 13.2. The van der Waals surface area contributed by atoms with Crippen LogP contribution in [0, 0.1) is 11.3 Å². The summed E-state index contributed by atoms with van der Waals surface area (Å²) in [5.41, 5.74) is -0.609. The summed E-state index contributed by atoms with van der Waals surface area (Å²) in [6, 6.07) is 1.87. The van der Waals surface area contributed by atoms with E-state index in [1.807, 2.05) is 0 Å². The van der Waals surface area contributed by atoms with Crippen LogP contribution in [0.15, 0.2) is 17.2 Å². The molecule has 0 fully saturated rings. The van der Waals surface area contributed by atoms with Crippen LogP contribution in [0.4, 0.5) is 13.2 Å². The minimum absolute atomic E-state index is 0.481. The van der Waals surface area contributed by atoms with Gasteiger partial charge in [0.25, 0.3) is 0 Å². The monoisotopic (exact) mass is 267 g/mol. The lowest BCUT2D eigenvalue weighted by atomic mass is 10.3. The molecule has 1 heterocycles. The molecule has 0 aliphatic carbocycles. The fourth-order valence-corrected chi connectivity index (χ4v) is 1.57. The molecule has 0 spiro atoms. The molecular formula is C7H4F3N3O3S. The van der Waals surface area contributed by atoms with E-state index < -0.39 is 32.7 Å². The molecule has 0 unspecified atom stereocenters. The average molecular weight is 267 g/mol. The van der Waals surface area contributed by atoms with Crippen molar-refractivity contribution >= 4 is 10.0 Å². The van der Waals surface area contributed by atoms with Gasteiger partial charge in [0.2, 0.25) is 10.0 Å². The Bertz CT molecular complexity index is 576. The fraction of sp³-hybridized carbons (Fsp3) is 0.143. The van der Waals surface area contributed by atoms with E-state index in [2.05, 4.69) is 9.72 Å². The molecule has 0 radical (unpaired) electrons. The molecule has 0 saturated heterocycles. The van der Waals surface area contributed by atoms with Crippen LogP contribution in [0.1, 0.15) is 5.69 Å². The number of halogens is 3. The smallest absolute Gasteiger partial charge is 0.404 e. The molecule has 0 saturated carbocycles. The van der Waals surface area contributed by atoms with Crippen molar-refractivity contribution in [2.24, 2.45) is 5.14 Å². The second kappa shape index (κ2) is 4.19. The molecule has 0 aliphatic rings. The van der Waals surface area contributed by atoms with Gasteiger partial charge in [-0.2, -0.15) is 5.26 Å². The van der Waals surface area contributed by atoms with Gasteiger partial charge in [-0.25, -0.2) is 18.5 Å². The Morgan fingerprint density at radius 3 is 2.47 bits per heavy atom. The first-order valence-electron chi connectivity index (χ1n) is 3.82. The first-order valence-corrected chi connectivity index (χ1v) is 5.37. The van der Waals surface area contributed by atoms with Crippen LogP contribution in [0.3, 0.4) is 0 Å². The van der Waals surface area contributed by atoms with E-state index in [4.69, 9.17) is 10.4 Å². The summed E-state index contributed by atoms with van der Waals surface area (Å²) >= 11 is 0. The van der Waals surface area contributed by atoms with Gasteiger partial charge < -0.3 is 4.74 Å². The molecule has 0 bridgehead atoms. The number of pyridine rings is 1. The Morgan fingerprint density at radius 2 is 2.06 bits per heavy atom. The van der Waals surface area contributed by atoms with Gasteiger partial charge >= 0.3 is 6.36 Å². The summed E-state index contributed by atoms with van der Waals surface area (Å²) < 4.78 is 61.0. The van der Waals surface area contributed by atoms with Gasteiger partial charge in [0, 0.05) is 6.07 Å². The number of nitriles is 1. The summed E-state index contributed by atoms with van der Waals surface area (Å²) in [5.74, 6) is -0.875. The van der Waals surface area contributed by atoms with E-state index >= 15 is 0 Å². The molecule has 0 amide bonds. The minimum atomic E-state index is -4.99. The van der Waals surface area contributed by atoms with E-state index in [9.17, 15) is 21.6 Å². The normalized spacial score (nSPS) is 11.9. The average Bonchev–Trinajstić information content (AvgIpc) is 2.13. The predicted octanol–water partition coefficient (Wildman–Crippen LogP) is 0.499. The summed E-state index contributed by atoms with van der Waals surface area (Å²) in [4.78, 5) is 2.37. The van der Waals surface area contributed by atoms with Crippen LogP contribution in [0.5, 0.6) is 5.75 Å². The van der Waals surface area contributed by atoms with Crippen LogP contribution in [0.2, 0.25) is 0 Å². The van der Waals surface area contributed by atoms with Crippen molar-refractivity contribution in [3.05, 3.63) is 18.0 Å². The molecule has 6 nitrogen and oxygen atoms in total. The van der Waals surface area contributed by atoms with Crippen molar-refractivity contribution < 1.29 is 26.3 Å². The summed E-state index contributed by atoms with van der Waals surface area (Å²) in [7, 11) is -4.36. The molecule has 92 valence electrons. The number of nitrogens with zero attached hydrogens (tertiary/aromatic N) is 2. The van der Waals surface area contributed by atoms with E-state index in [1.54, 1.807) is 0 Å². The summed E-state index contributed by atoms with van der Waals surface area (Å²) in [6.45, 7) is 0. The number of rotatable bonds is 2. The van der Waals surface area contributed by atoms with Crippen LogP contribution in [-0.2, 0) is 10.0 Å². The standard InChI is InChI=1S/C7H4F3N3O3S/c8-7(9,10)16-4-1-6(17(12,14)15)5(2-11)13-3-4/h1,3H,(H2,12,14,15). The van der Waals surface area contributed by atoms with Gasteiger partial charge in [-0.05, 0) is 0 Å². The van der Waals surface area contributed by atoms with Crippen LogP contribution < -0.4 is 9.88 Å². The third-order valence-corrected chi connectivity index (χ3v) is 2.40. The van der Waals surface area contributed by atoms with Crippen molar-refractivity contribution in [2.45, 2.75) is 11.3 Å². The number of ether oxygens (including phenoxy) is 1.